The lowest BCUT2D eigenvalue weighted by molar-refractivity contribution is -0.0500. The quantitative estimate of drug-likeness (QED) is 0.634. The fraction of sp³-hybridized carbons (Fsp3) is 0.538. The summed E-state index contributed by atoms with van der Waals surface area (Å²) < 4.78 is 63.9. The lowest BCUT2D eigenvalue weighted by atomic mass is 9.89. The monoisotopic (exact) mass is 323 g/mol. The molecule has 0 unspecified atom stereocenters. The number of halogens is 3. The molecule has 0 aliphatic carbocycles. The second kappa shape index (κ2) is 5.84. The fourth-order valence-corrected chi connectivity index (χ4v) is 2.86. The van der Waals surface area contributed by atoms with E-state index in [2.05, 4.69) is 9.08 Å². The molecule has 0 amide bonds. The molecule has 8 heteroatoms. The van der Waals surface area contributed by atoms with Crippen molar-refractivity contribution in [1.29, 1.82) is 0 Å². The van der Waals surface area contributed by atoms with E-state index in [1.165, 1.54) is 12.1 Å². The summed E-state index contributed by atoms with van der Waals surface area (Å²) >= 11 is 0. The van der Waals surface area contributed by atoms with Gasteiger partial charge in [-0.05, 0) is 50.5 Å². The number of rotatable bonds is 3. The molecule has 0 radical (unpaired) electrons. The van der Waals surface area contributed by atoms with Gasteiger partial charge in [0.05, 0.1) is 0 Å². The average Bonchev–Trinajstić information content (AvgIpc) is 2.39. The van der Waals surface area contributed by atoms with Crippen molar-refractivity contribution in [3.63, 3.8) is 0 Å². The van der Waals surface area contributed by atoms with Gasteiger partial charge in [-0.25, -0.2) is 0 Å². The molecular weight excluding hydrogens is 307 g/mol. The summed E-state index contributed by atoms with van der Waals surface area (Å²) in [7, 11) is -3.67. The highest BCUT2D eigenvalue weighted by molar-refractivity contribution is 7.88. The third-order valence-corrected chi connectivity index (χ3v) is 4.53. The van der Waals surface area contributed by atoms with Crippen LogP contribution < -0.4 is 4.18 Å². The van der Waals surface area contributed by atoms with Crippen LogP contribution in [0.2, 0.25) is 0 Å². The second-order valence-corrected chi connectivity index (χ2v) is 6.64. The Kier molecular flexibility index (Phi) is 4.48. The maximum atomic E-state index is 12.4. The van der Waals surface area contributed by atoms with Crippen molar-refractivity contribution >= 4 is 10.1 Å². The van der Waals surface area contributed by atoms with Crippen LogP contribution >= 0.6 is 0 Å². The topological polar surface area (TPSA) is 46.6 Å². The normalized spacial score (nSPS) is 18.7. The van der Waals surface area contributed by atoms with E-state index >= 15 is 0 Å². The Balaban J connectivity index is 2.26. The van der Waals surface area contributed by atoms with Gasteiger partial charge < -0.3 is 9.08 Å². The number of para-hydroxylation sites is 1. The van der Waals surface area contributed by atoms with Crippen LogP contribution in [0.5, 0.6) is 5.75 Å². The highest BCUT2D eigenvalue weighted by atomic mass is 32.2. The van der Waals surface area contributed by atoms with Gasteiger partial charge in [0.1, 0.15) is 5.75 Å². The van der Waals surface area contributed by atoms with E-state index in [0.29, 0.717) is 5.56 Å². The first-order valence-electron chi connectivity index (χ1n) is 6.49. The van der Waals surface area contributed by atoms with Crippen molar-refractivity contribution in [3.05, 3.63) is 29.8 Å². The Hall–Kier alpha value is -1.28. The first-order valence-corrected chi connectivity index (χ1v) is 7.90. The first-order chi connectivity index (χ1) is 9.71. The number of benzene rings is 1. The summed E-state index contributed by atoms with van der Waals surface area (Å²) in [6.45, 7) is 1.62. The lowest BCUT2D eigenvalue weighted by Gasteiger charge is -2.30. The zero-order valence-electron chi connectivity index (χ0n) is 11.4. The minimum Gasteiger partial charge on any atom is -0.376 e. The SMILES string of the molecule is CN1CCC(c2ccccc2OS(=O)(=O)C(F)(F)F)CC1. The fourth-order valence-electron chi connectivity index (χ4n) is 2.38. The third kappa shape index (κ3) is 3.68. The summed E-state index contributed by atoms with van der Waals surface area (Å²) in [5, 5.41) is 0. The number of alkyl halides is 3. The molecule has 0 N–H and O–H groups in total. The Bertz CT molecular complexity index is 593. The van der Waals surface area contributed by atoms with Crippen LogP contribution in [0.15, 0.2) is 24.3 Å². The molecule has 1 aliphatic rings. The zero-order valence-corrected chi connectivity index (χ0v) is 12.2. The minimum absolute atomic E-state index is 0.000772. The van der Waals surface area contributed by atoms with E-state index in [1.54, 1.807) is 12.1 Å². The number of likely N-dealkylation sites (tertiary alicyclic amines) is 1. The van der Waals surface area contributed by atoms with Gasteiger partial charge in [0.2, 0.25) is 0 Å². The van der Waals surface area contributed by atoms with Crippen LogP contribution in [0.4, 0.5) is 13.2 Å². The van der Waals surface area contributed by atoms with E-state index in [1.807, 2.05) is 7.05 Å². The molecule has 0 aromatic heterocycles. The standard InChI is InChI=1S/C13H16F3NO3S/c1-17-8-6-10(7-9-17)11-4-2-3-5-12(11)20-21(18,19)13(14,15)16/h2-5,10H,6-9H2,1H3. The minimum atomic E-state index is -5.63. The van der Waals surface area contributed by atoms with E-state index in [4.69, 9.17) is 0 Å². The third-order valence-electron chi connectivity index (χ3n) is 3.56. The predicted octanol–water partition coefficient (Wildman–Crippen LogP) is 2.72. The average molecular weight is 323 g/mol. The van der Waals surface area contributed by atoms with Crippen molar-refractivity contribution in [2.24, 2.45) is 0 Å². The van der Waals surface area contributed by atoms with Crippen molar-refractivity contribution < 1.29 is 25.8 Å². The van der Waals surface area contributed by atoms with Crippen molar-refractivity contribution in [2.45, 2.75) is 24.3 Å². The van der Waals surface area contributed by atoms with Crippen molar-refractivity contribution in [3.8, 4) is 5.75 Å². The summed E-state index contributed by atoms with van der Waals surface area (Å²) in [6, 6.07) is 6.01. The largest absolute Gasteiger partial charge is 0.534 e. The molecule has 21 heavy (non-hydrogen) atoms. The predicted molar refractivity (Wildman–Crippen MR) is 71.5 cm³/mol. The molecule has 1 fully saturated rings. The Labute approximate surface area is 121 Å². The van der Waals surface area contributed by atoms with Crippen LogP contribution in [-0.4, -0.2) is 39.0 Å². The van der Waals surface area contributed by atoms with E-state index in [-0.39, 0.29) is 11.7 Å². The Morgan fingerprint density at radius 3 is 2.33 bits per heavy atom. The molecule has 2 rings (SSSR count). The second-order valence-electron chi connectivity index (χ2n) is 5.10. The summed E-state index contributed by atoms with van der Waals surface area (Å²) in [5.41, 5.74) is -4.91. The summed E-state index contributed by atoms with van der Waals surface area (Å²) in [6.07, 6.45) is 1.51. The lowest BCUT2D eigenvalue weighted by Crippen LogP contribution is -2.30. The molecule has 1 aromatic carbocycles. The number of piperidine rings is 1. The molecule has 1 heterocycles. The van der Waals surface area contributed by atoms with Gasteiger partial charge in [0.25, 0.3) is 0 Å². The van der Waals surface area contributed by atoms with Crippen molar-refractivity contribution in [2.75, 3.05) is 20.1 Å². The van der Waals surface area contributed by atoms with Gasteiger partial charge in [-0.15, -0.1) is 0 Å². The number of nitrogens with zero attached hydrogens (tertiary/aromatic N) is 1. The van der Waals surface area contributed by atoms with Crippen LogP contribution in [0.25, 0.3) is 0 Å². The van der Waals surface area contributed by atoms with Crippen LogP contribution in [-0.2, 0) is 10.1 Å². The molecule has 1 aliphatic heterocycles. The van der Waals surface area contributed by atoms with E-state index in [0.717, 1.165) is 25.9 Å². The molecule has 4 nitrogen and oxygen atoms in total. The maximum absolute atomic E-state index is 12.4. The number of hydrogen-bond acceptors (Lipinski definition) is 4. The van der Waals surface area contributed by atoms with E-state index in [9.17, 15) is 21.6 Å². The van der Waals surface area contributed by atoms with E-state index < -0.39 is 15.6 Å². The van der Waals surface area contributed by atoms with Gasteiger partial charge >= 0.3 is 15.6 Å². The molecule has 118 valence electrons. The van der Waals surface area contributed by atoms with Crippen LogP contribution in [0.3, 0.4) is 0 Å². The van der Waals surface area contributed by atoms with Gasteiger partial charge in [-0.1, -0.05) is 18.2 Å². The molecule has 0 atom stereocenters. The summed E-state index contributed by atoms with van der Waals surface area (Å²) in [4.78, 5) is 2.12. The highest BCUT2D eigenvalue weighted by Gasteiger charge is 2.48. The highest BCUT2D eigenvalue weighted by Crippen LogP contribution is 2.36. The Morgan fingerprint density at radius 2 is 1.76 bits per heavy atom. The zero-order chi connectivity index (χ0) is 15.7. The van der Waals surface area contributed by atoms with Gasteiger partial charge in [-0.3, -0.25) is 0 Å². The summed E-state index contributed by atoms with van der Waals surface area (Å²) in [5.74, 6) is -0.231. The number of hydrogen-bond donors (Lipinski definition) is 0. The Morgan fingerprint density at radius 1 is 1.19 bits per heavy atom. The molecular formula is C13H16F3NO3S. The van der Waals surface area contributed by atoms with Crippen molar-refractivity contribution in [1.82, 2.24) is 4.90 Å². The van der Waals surface area contributed by atoms with Crippen LogP contribution in [0, 0.1) is 0 Å². The molecule has 1 aromatic rings. The molecule has 1 saturated heterocycles. The van der Waals surface area contributed by atoms with Crippen LogP contribution in [0.1, 0.15) is 24.3 Å². The first kappa shape index (κ1) is 16.1. The molecule has 0 saturated carbocycles. The van der Waals surface area contributed by atoms with Gasteiger partial charge in [0, 0.05) is 0 Å². The van der Waals surface area contributed by atoms with Gasteiger partial charge in [-0.2, -0.15) is 21.6 Å². The smallest absolute Gasteiger partial charge is 0.376 e. The maximum Gasteiger partial charge on any atom is 0.534 e. The molecule has 0 bridgehead atoms. The van der Waals surface area contributed by atoms with Gasteiger partial charge in [0.15, 0.2) is 0 Å². The molecule has 0 spiro atoms.